The molecule has 0 N–H and O–H groups in total. The molecule has 0 amide bonds. The molecule has 1 aliphatic rings. The Morgan fingerprint density at radius 2 is 0.764 bits per heavy atom. The van der Waals surface area contributed by atoms with Crippen molar-refractivity contribution < 1.29 is 9.47 Å². The van der Waals surface area contributed by atoms with E-state index in [1.54, 1.807) is 0 Å². The highest BCUT2D eigenvalue weighted by molar-refractivity contribution is 5.95. The van der Waals surface area contributed by atoms with Gasteiger partial charge in [-0.1, -0.05) is 158 Å². The highest BCUT2D eigenvalue weighted by Crippen LogP contribution is 2.49. The summed E-state index contributed by atoms with van der Waals surface area (Å²) in [5.74, 6) is 2.88. The standard InChI is InChI=1S/C52H35NO2/c1-4-12-36(13-5-1)38-22-24-39(25-23-38)40-26-29-44(30-27-40)53(47-32-28-43(37-14-6-2-7-15-37)34-46(47)41-16-8-3-9-17-41)45-31-33-48-51(35-45)55-50-21-11-19-42-18-10-20-49(54-48)52(42)50/h1-35H. The second-order valence-electron chi connectivity index (χ2n) is 13.7. The van der Waals surface area contributed by atoms with Crippen LogP contribution < -0.4 is 14.4 Å². The van der Waals surface area contributed by atoms with Gasteiger partial charge in [0.25, 0.3) is 0 Å². The van der Waals surface area contributed by atoms with Crippen LogP contribution in [0.4, 0.5) is 17.1 Å². The monoisotopic (exact) mass is 705 g/mol. The van der Waals surface area contributed by atoms with Crippen molar-refractivity contribution in [1.29, 1.82) is 0 Å². The van der Waals surface area contributed by atoms with Gasteiger partial charge in [-0.3, -0.25) is 0 Å². The number of hydrogen-bond donors (Lipinski definition) is 0. The van der Waals surface area contributed by atoms with Crippen molar-refractivity contribution in [1.82, 2.24) is 0 Å². The predicted molar refractivity (Wildman–Crippen MR) is 227 cm³/mol. The molecule has 9 aromatic carbocycles. The fraction of sp³-hybridized carbons (Fsp3) is 0. The second kappa shape index (κ2) is 13.9. The quantitative estimate of drug-likeness (QED) is 0.165. The van der Waals surface area contributed by atoms with Gasteiger partial charge >= 0.3 is 0 Å². The molecule has 1 aliphatic heterocycles. The van der Waals surface area contributed by atoms with Crippen LogP contribution in [0.2, 0.25) is 0 Å². The van der Waals surface area contributed by atoms with Crippen LogP contribution in [0.3, 0.4) is 0 Å². The zero-order chi connectivity index (χ0) is 36.6. The predicted octanol–water partition coefficient (Wildman–Crippen LogP) is 14.9. The second-order valence-corrected chi connectivity index (χ2v) is 13.7. The summed E-state index contributed by atoms with van der Waals surface area (Å²) >= 11 is 0. The van der Waals surface area contributed by atoms with Crippen LogP contribution in [0.5, 0.6) is 23.0 Å². The van der Waals surface area contributed by atoms with E-state index in [4.69, 9.17) is 9.47 Å². The third kappa shape index (κ3) is 6.18. The van der Waals surface area contributed by atoms with Crippen molar-refractivity contribution in [2.24, 2.45) is 0 Å². The van der Waals surface area contributed by atoms with Crippen LogP contribution >= 0.6 is 0 Å². The summed E-state index contributed by atoms with van der Waals surface area (Å²) in [5, 5.41) is 2.04. The molecule has 0 unspecified atom stereocenters. The number of hydrogen-bond acceptors (Lipinski definition) is 3. The molecule has 0 bridgehead atoms. The lowest BCUT2D eigenvalue weighted by Gasteiger charge is -2.29. The summed E-state index contributed by atoms with van der Waals surface area (Å²) in [5.41, 5.74) is 12.3. The van der Waals surface area contributed by atoms with Crippen LogP contribution in [-0.4, -0.2) is 0 Å². The van der Waals surface area contributed by atoms with E-state index in [0.29, 0.717) is 11.5 Å². The average molecular weight is 706 g/mol. The van der Waals surface area contributed by atoms with E-state index in [2.05, 4.69) is 187 Å². The minimum absolute atomic E-state index is 0.656. The van der Waals surface area contributed by atoms with Gasteiger partial charge in [-0.05, 0) is 92.9 Å². The minimum atomic E-state index is 0.656. The molecule has 0 fully saturated rings. The van der Waals surface area contributed by atoms with E-state index < -0.39 is 0 Å². The van der Waals surface area contributed by atoms with E-state index in [0.717, 1.165) is 61.6 Å². The molecule has 9 aromatic rings. The van der Waals surface area contributed by atoms with Gasteiger partial charge in [-0.2, -0.15) is 0 Å². The Hall–Kier alpha value is -7.36. The summed E-state index contributed by atoms with van der Waals surface area (Å²) in [4.78, 5) is 2.32. The lowest BCUT2D eigenvalue weighted by Crippen LogP contribution is -2.11. The van der Waals surface area contributed by atoms with Crippen LogP contribution in [-0.2, 0) is 0 Å². The van der Waals surface area contributed by atoms with E-state index in [1.807, 2.05) is 30.3 Å². The molecule has 0 saturated heterocycles. The molecular weight excluding hydrogens is 671 g/mol. The number of ether oxygens (including phenoxy) is 2. The molecule has 0 radical (unpaired) electrons. The smallest absolute Gasteiger partial charge is 0.172 e. The van der Waals surface area contributed by atoms with Gasteiger partial charge in [-0.15, -0.1) is 0 Å². The third-order valence-electron chi connectivity index (χ3n) is 10.3. The Bertz CT molecular complexity index is 2770. The molecule has 10 rings (SSSR count). The van der Waals surface area contributed by atoms with Crippen molar-refractivity contribution in [3.05, 3.63) is 212 Å². The molecule has 3 nitrogen and oxygen atoms in total. The van der Waals surface area contributed by atoms with Crippen molar-refractivity contribution in [2.75, 3.05) is 4.90 Å². The van der Waals surface area contributed by atoms with Crippen molar-refractivity contribution >= 4 is 27.8 Å². The summed E-state index contributed by atoms with van der Waals surface area (Å²) in [7, 11) is 0. The van der Waals surface area contributed by atoms with Crippen LogP contribution in [0, 0.1) is 0 Å². The average Bonchev–Trinajstić information content (AvgIpc) is 3.42. The largest absolute Gasteiger partial charge is 0.453 e. The maximum atomic E-state index is 6.70. The summed E-state index contributed by atoms with van der Waals surface area (Å²) in [6.07, 6.45) is 0. The molecule has 55 heavy (non-hydrogen) atoms. The lowest BCUT2D eigenvalue weighted by molar-refractivity contribution is 0.439. The van der Waals surface area contributed by atoms with Gasteiger partial charge in [0, 0.05) is 17.3 Å². The number of fused-ring (bicyclic) bond motifs is 1. The molecule has 260 valence electrons. The molecule has 1 heterocycles. The minimum Gasteiger partial charge on any atom is -0.453 e. The number of benzene rings is 9. The zero-order valence-corrected chi connectivity index (χ0v) is 30.0. The molecule has 0 aromatic heterocycles. The van der Waals surface area contributed by atoms with Gasteiger partial charge in [-0.25, -0.2) is 0 Å². The fourth-order valence-corrected chi connectivity index (χ4v) is 7.59. The van der Waals surface area contributed by atoms with E-state index >= 15 is 0 Å². The summed E-state index contributed by atoms with van der Waals surface area (Å²) in [6.45, 7) is 0. The molecule has 0 atom stereocenters. The first-order valence-corrected chi connectivity index (χ1v) is 18.6. The lowest BCUT2D eigenvalue weighted by atomic mass is 9.96. The van der Waals surface area contributed by atoms with Gasteiger partial charge in [0.05, 0.1) is 16.8 Å². The summed E-state index contributed by atoms with van der Waals surface area (Å²) < 4.78 is 13.2. The van der Waals surface area contributed by atoms with Gasteiger partial charge < -0.3 is 14.4 Å². The Balaban J connectivity index is 1.11. The van der Waals surface area contributed by atoms with Crippen LogP contribution in [0.25, 0.3) is 55.3 Å². The third-order valence-corrected chi connectivity index (χ3v) is 10.3. The number of anilines is 3. The van der Waals surface area contributed by atoms with E-state index in [9.17, 15) is 0 Å². The van der Waals surface area contributed by atoms with E-state index in [1.165, 1.54) is 22.3 Å². The molecule has 0 spiro atoms. The Morgan fingerprint density at radius 3 is 1.36 bits per heavy atom. The highest BCUT2D eigenvalue weighted by atomic mass is 16.5. The number of nitrogens with zero attached hydrogens (tertiary/aromatic N) is 1. The Morgan fingerprint density at radius 1 is 0.291 bits per heavy atom. The first-order valence-electron chi connectivity index (χ1n) is 18.6. The SMILES string of the molecule is c1ccc(-c2ccc(-c3ccc(N(c4ccc5c(c4)Oc4cccc6cccc(c46)O5)c4ccc(-c5ccccc5)cc4-c4ccccc4)cc3)cc2)cc1. The van der Waals surface area contributed by atoms with Crippen LogP contribution in [0.15, 0.2) is 212 Å². The van der Waals surface area contributed by atoms with Crippen molar-refractivity contribution in [3.8, 4) is 67.5 Å². The zero-order valence-electron chi connectivity index (χ0n) is 30.0. The molecule has 0 aliphatic carbocycles. The van der Waals surface area contributed by atoms with Gasteiger partial charge in [0.2, 0.25) is 0 Å². The summed E-state index contributed by atoms with van der Waals surface area (Å²) in [6, 6.07) is 74.5. The fourth-order valence-electron chi connectivity index (χ4n) is 7.59. The Kier molecular flexibility index (Phi) is 8.16. The molecule has 0 saturated carbocycles. The van der Waals surface area contributed by atoms with Gasteiger partial charge in [0.15, 0.2) is 11.5 Å². The molecule has 3 heteroatoms. The normalized spacial score (nSPS) is 11.6. The first kappa shape index (κ1) is 32.3. The van der Waals surface area contributed by atoms with Crippen molar-refractivity contribution in [3.63, 3.8) is 0 Å². The number of rotatable bonds is 7. The van der Waals surface area contributed by atoms with E-state index in [-0.39, 0.29) is 0 Å². The maximum Gasteiger partial charge on any atom is 0.172 e. The van der Waals surface area contributed by atoms with Gasteiger partial charge in [0.1, 0.15) is 11.5 Å². The highest BCUT2D eigenvalue weighted by Gasteiger charge is 2.23. The first-order chi connectivity index (χ1) is 27.2. The maximum absolute atomic E-state index is 6.70. The van der Waals surface area contributed by atoms with Crippen molar-refractivity contribution in [2.45, 2.75) is 0 Å². The van der Waals surface area contributed by atoms with Crippen LogP contribution in [0.1, 0.15) is 0 Å². The Labute approximate surface area is 320 Å². The topological polar surface area (TPSA) is 21.7 Å². The molecular formula is C52H35NO2.